The molecule has 0 spiro atoms. The Balaban J connectivity index is 1.92. The Kier molecular flexibility index (Phi) is 5.77. The van der Waals surface area contributed by atoms with Crippen LogP contribution in [0.4, 0.5) is 0 Å². The quantitative estimate of drug-likeness (QED) is 0.798. The molecule has 0 fully saturated rings. The number of hydrogen-bond donors (Lipinski definition) is 1. The van der Waals surface area contributed by atoms with E-state index in [1.54, 1.807) is 24.4 Å². The van der Waals surface area contributed by atoms with Gasteiger partial charge in [-0.05, 0) is 37.1 Å². The molecule has 0 aliphatic carbocycles. The Morgan fingerprint density at radius 1 is 1.09 bits per heavy atom. The minimum atomic E-state index is -0.199. The molecular weight excluding hydrogens is 280 g/mol. The van der Waals surface area contributed by atoms with E-state index in [0.717, 1.165) is 18.5 Å². The van der Waals surface area contributed by atoms with Gasteiger partial charge in [-0.15, -0.1) is 0 Å². The predicted molar refractivity (Wildman–Crippen MR) is 84.4 cm³/mol. The summed E-state index contributed by atoms with van der Waals surface area (Å²) in [5, 5.41) is 2.89. The van der Waals surface area contributed by atoms with Crippen LogP contribution in [0.5, 0.6) is 11.5 Å². The van der Waals surface area contributed by atoms with Gasteiger partial charge >= 0.3 is 0 Å². The molecule has 2 rings (SSSR count). The van der Waals surface area contributed by atoms with Crippen molar-refractivity contribution >= 4 is 5.91 Å². The van der Waals surface area contributed by atoms with Gasteiger partial charge < -0.3 is 14.8 Å². The molecule has 0 aliphatic rings. The van der Waals surface area contributed by atoms with Crippen molar-refractivity contribution in [1.82, 2.24) is 10.3 Å². The standard InChI is InChI=1S/C17H20N2O3/c1-21-14-9-5-10-15(22-2)16(14)17(20)19-12-6-8-13-7-3-4-11-18-13/h3-5,7,9-11H,6,8,12H2,1-2H3,(H,19,20). The fourth-order valence-corrected chi connectivity index (χ4v) is 2.18. The van der Waals surface area contributed by atoms with Crippen LogP contribution in [0.15, 0.2) is 42.6 Å². The van der Waals surface area contributed by atoms with Gasteiger partial charge in [-0.2, -0.15) is 0 Å². The smallest absolute Gasteiger partial charge is 0.258 e. The highest BCUT2D eigenvalue weighted by atomic mass is 16.5. The number of amides is 1. The van der Waals surface area contributed by atoms with Crippen molar-refractivity contribution < 1.29 is 14.3 Å². The minimum absolute atomic E-state index is 0.199. The van der Waals surface area contributed by atoms with Crippen LogP contribution in [0.3, 0.4) is 0 Å². The highest BCUT2D eigenvalue weighted by Crippen LogP contribution is 2.27. The molecule has 1 aromatic carbocycles. The van der Waals surface area contributed by atoms with Gasteiger partial charge in [0.05, 0.1) is 14.2 Å². The first-order valence-corrected chi connectivity index (χ1v) is 7.15. The minimum Gasteiger partial charge on any atom is -0.496 e. The first-order chi connectivity index (χ1) is 10.8. The van der Waals surface area contributed by atoms with Crippen molar-refractivity contribution in [3.05, 3.63) is 53.9 Å². The highest BCUT2D eigenvalue weighted by molar-refractivity contribution is 5.99. The molecule has 0 bridgehead atoms. The Morgan fingerprint density at radius 2 is 1.82 bits per heavy atom. The second-order valence-corrected chi connectivity index (χ2v) is 4.72. The number of nitrogens with zero attached hydrogens (tertiary/aromatic N) is 1. The molecule has 0 aliphatic heterocycles. The van der Waals surface area contributed by atoms with Gasteiger partial charge in [0.1, 0.15) is 17.1 Å². The summed E-state index contributed by atoms with van der Waals surface area (Å²) >= 11 is 0. The van der Waals surface area contributed by atoms with Gasteiger partial charge in [0.2, 0.25) is 0 Å². The molecule has 5 nitrogen and oxygen atoms in total. The molecule has 1 aromatic heterocycles. The molecule has 2 aromatic rings. The van der Waals surface area contributed by atoms with Crippen LogP contribution in [0.25, 0.3) is 0 Å². The largest absolute Gasteiger partial charge is 0.496 e. The van der Waals surface area contributed by atoms with Crippen LogP contribution >= 0.6 is 0 Å². The number of hydrogen-bond acceptors (Lipinski definition) is 4. The van der Waals surface area contributed by atoms with Crippen molar-refractivity contribution in [3.8, 4) is 11.5 Å². The van der Waals surface area contributed by atoms with Gasteiger partial charge in [0.15, 0.2) is 0 Å². The summed E-state index contributed by atoms with van der Waals surface area (Å²) in [6.45, 7) is 0.566. The monoisotopic (exact) mass is 300 g/mol. The number of nitrogens with one attached hydrogen (secondary N) is 1. The number of methoxy groups -OCH3 is 2. The second kappa shape index (κ2) is 8.02. The molecule has 1 heterocycles. The predicted octanol–water partition coefficient (Wildman–Crippen LogP) is 2.46. The number of carbonyl (C=O) groups excluding carboxylic acids is 1. The number of aryl methyl sites for hydroxylation is 1. The summed E-state index contributed by atoms with van der Waals surface area (Å²) in [4.78, 5) is 16.6. The zero-order valence-electron chi connectivity index (χ0n) is 12.8. The molecule has 0 unspecified atom stereocenters. The summed E-state index contributed by atoms with van der Waals surface area (Å²) in [6.07, 6.45) is 3.41. The fraction of sp³-hybridized carbons (Fsp3) is 0.294. The molecule has 0 saturated carbocycles. The number of ether oxygens (including phenoxy) is 2. The van der Waals surface area contributed by atoms with Gasteiger partial charge in [-0.1, -0.05) is 12.1 Å². The number of pyridine rings is 1. The topological polar surface area (TPSA) is 60.5 Å². The second-order valence-electron chi connectivity index (χ2n) is 4.72. The highest BCUT2D eigenvalue weighted by Gasteiger charge is 2.17. The summed E-state index contributed by atoms with van der Waals surface area (Å²) in [5.74, 6) is 0.804. The lowest BCUT2D eigenvalue weighted by Gasteiger charge is -2.12. The van der Waals surface area contributed by atoms with Crippen LogP contribution in [0.2, 0.25) is 0 Å². The average Bonchev–Trinajstić information content (AvgIpc) is 2.58. The maximum Gasteiger partial charge on any atom is 0.258 e. The fourth-order valence-electron chi connectivity index (χ4n) is 2.18. The van der Waals surface area contributed by atoms with Crippen molar-refractivity contribution in [2.75, 3.05) is 20.8 Å². The average molecular weight is 300 g/mol. The van der Waals surface area contributed by atoms with Gasteiger partial charge in [0.25, 0.3) is 5.91 Å². The Hall–Kier alpha value is -2.56. The number of carbonyl (C=O) groups is 1. The van der Waals surface area contributed by atoms with Crippen molar-refractivity contribution in [2.24, 2.45) is 0 Å². The van der Waals surface area contributed by atoms with Crippen LogP contribution in [0, 0.1) is 0 Å². The molecule has 116 valence electrons. The number of benzene rings is 1. The molecule has 5 heteroatoms. The van der Waals surface area contributed by atoms with Gasteiger partial charge in [-0.3, -0.25) is 9.78 Å². The van der Waals surface area contributed by atoms with E-state index in [1.165, 1.54) is 14.2 Å². The molecule has 0 saturated heterocycles. The third kappa shape index (κ3) is 3.97. The molecule has 1 N–H and O–H groups in total. The lowest BCUT2D eigenvalue weighted by Crippen LogP contribution is -2.25. The molecule has 22 heavy (non-hydrogen) atoms. The zero-order valence-corrected chi connectivity index (χ0v) is 12.8. The van der Waals surface area contributed by atoms with Crippen molar-refractivity contribution in [1.29, 1.82) is 0 Å². The summed E-state index contributed by atoms with van der Waals surface area (Å²) < 4.78 is 10.5. The maximum absolute atomic E-state index is 12.3. The van der Waals surface area contributed by atoms with E-state index in [0.29, 0.717) is 23.6 Å². The van der Waals surface area contributed by atoms with Gasteiger partial charge in [0, 0.05) is 18.4 Å². The summed E-state index contributed by atoms with van der Waals surface area (Å²) in [5.41, 5.74) is 1.44. The van der Waals surface area contributed by atoms with Gasteiger partial charge in [-0.25, -0.2) is 0 Å². The lowest BCUT2D eigenvalue weighted by atomic mass is 10.1. The molecule has 1 amide bonds. The number of rotatable bonds is 7. The lowest BCUT2D eigenvalue weighted by molar-refractivity contribution is 0.0947. The van der Waals surface area contributed by atoms with E-state index in [2.05, 4.69) is 10.3 Å². The van der Waals surface area contributed by atoms with Crippen LogP contribution in [0.1, 0.15) is 22.5 Å². The Bertz CT molecular complexity index is 592. The first-order valence-electron chi connectivity index (χ1n) is 7.15. The number of aromatic nitrogens is 1. The van der Waals surface area contributed by atoms with E-state index in [4.69, 9.17) is 9.47 Å². The third-order valence-electron chi connectivity index (χ3n) is 3.28. The molecular formula is C17H20N2O3. The molecule has 0 atom stereocenters. The van der Waals surface area contributed by atoms with Crippen molar-refractivity contribution in [3.63, 3.8) is 0 Å². The SMILES string of the molecule is COc1cccc(OC)c1C(=O)NCCCc1ccccn1. The van der Waals surface area contributed by atoms with Crippen molar-refractivity contribution in [2.45, 2.75) is 12.8 Å². The first kappa shape index (κ1) is 15.8. The van der Waals surface area contributed by atoms with E-state index in [9.17, 15) is 4.79 Å². The van der Waals surface area contributed by atoms with Crippen LogP contribution in [-0.2, 0) is 6.42 Å². The summed E-state index contributed by atoms with van der Waals surface area (Å²) in [6, 6.07) is 11.1. The van der Waals surface area contributed by atoms with E-state index in [-0.39, 0.29) is 5.91 Å². The zero-order chi connectivity index (χ0) is 15.8. The van der Waals surface area contributed by atoms with E-state index >= 15 is 0 Å². The van der Waals surface area contributed by atoms with Crippen LogP contribution < -0.4 is 14.8 Å². The molecule has 0 radical (unpaired) electrons. The normalized spacial score (nSPS) is 10.1. The Labute approximate surface area is 130 Å². The summed E-state index contributed by atoms with van der Waals surface area (Å²) in [7, 11) is 3.07. The third-order valence-corrected chi connectivity index (χ3v) is 3.28. The van der Waals surface area contributed by atoms with E-state index in [1.807, 2.05) is 18.2 Å². The Morgan fingerprint density at radius 3 is 2.41 bits per heavy atom. The van der Waals surface area contributed by atoms with E-state index < -0.39 is 0 Å². The van der Waals surface area contributed by atoms with Crippen LogP contribution in [-0.4, -0.2) is 31.7 Å². The maximum atomic E-state index is 12.3.